The summed E-state index contributed by atoms with van der Waals surface area (Å²) in [5.74, 6) is 1.36. The maximum absolute atomic E-state index is 3.69. The first kappa shape index (κ1) is 17.3. The van der Waals surface area contributed by atoms with Gasteiger partial charge in [-0.15, -0.1) is 0 Å². The van der Waals surface area contributed by atoms with Crippen molar-refractivity contribution in [3.05, 3.63) is 13.8 Å². The first-order valence-electron chi connectivity index (χ1n) is 3.63. The summed E-state index contributed by atoms with van der Waals surface area (Å²) in [6, 6.07) is 0. The van der Waals surface area contributed by atoms with E-state index in [2.05, 4.69) is 41.5 Å². The van der Waals surface area contributed by atoms with E-state index in [1.807, 2.05) is 0 Å². The molecule has 0 N–H and O–H groups in total. The fourth-order valence-electron chi connectivity index (χ4n) is 0. The van der Waals surface area contributed by atoms with Gasteiger partial charge in [-0.25, -0.2) is 0 Å². The zero-order valence-electron chi connectivity index (χ0n) is 7.85. The van der Waals surface area contributed by atoms with E-state index in [4.69, 9.17) is 0 Å². The van der Waals surface area contributed by atoms with Crippen molar-refractivity contribution in [1.29, 1.82) is 0 Å². The van der Waals surface area contributed by atoms with Gasteiger partial charge in [-0.2, -0.15) is 12.3 Å². The van der Waals surface area contributed by atoms with Crippen LogP contribution in [0.25, 0.3) is 0 Å². The fourth-order valence-corrected chi connectivity index (χ4v) is 0. The number of rotatable bonds is 1. The second-order valence-corrected chi connectivity index (χ2v) is 3.08. The Morgan fingerprint density at radius 1 is 1.10 bits per heavy atom. The predicted molar refractivity (Wildman–Crippen MR) is 45.0 cm³/mol. The maximum Gasteiger partial charge on any atom is 0 e. The molecular weight excluding hydrogens is 197 g/mol. The smallest absolute Gasteiger partial charge is 0 e. The Kier molecular flexibility index (Phi) is 22.0. The summed E-state index contributed by atoms with van der Waals surface area (Å²) in [6.07, 6.45) is 1.06. The van der Waals surface area contributed by atoms with Crippen molar-refractivity contribution in [3.8, 4) is 0 Å². The molecule has 0 aromatic carbocycles. The molecular formula is C9H20Y-2. The molecule has 0 unspecified atom stereocenters. The van der Waals surface area contributed by atoms with Crippen molar-refractivity contribution >= 4 is 0 Å². The molecule has 0 aromatic heterocycles. The summed E-state index contributed by atoms with van der Waals surface area (Å²) in [7, 11) is 0. The standard InChI is InChI=1S/C5H11.C4H9.Y/c1-4-5(2)3;1-4(2)3;/h5H,1,4H2,2-3H3;4H,1H2,2-3H3;/q2*-1;. The minimum absolute atomic E-state index is 0. The van der Waals surface area contributed by atoms with E-state index in [-0.39, 0.29) is 32.7 Å². The molecule has 0 aliphatic rings. The van der Waals surface area contributed by atoms with Gasteiger partial charge in [0.2, 0.25) is 0 Å². The molecule has 0 amide bonds. The predicted octanol–water partition coefficient (Wildman–Crippen LogP) is 3.34. The molecule has 0 bridgehead atoms. The maximum atomic E-state index is 3.69. The van der Waals surface area contributed by atoms with Crippen LogP contribution in [0.5, 0.6) is 0 Å². The number of hydrogen-bond donors (Lipinski definition) is 0. The third kappa shape index (κ3) is 62.1. The Bertz CT molecular complexity index is 37.2. The zero-order chi connectivity index (χ0) is 7.86. The average molecular weight is 217 g/mol. The molecule has 1 radical (unpaired) electrons. The first-order valence-corrected chi connectivity index (χ1v) is 3.63. The number of hydrogen-bond acceptors (Lipinski definition) is 0. The van der Waals surface area contributed by atoms with Gasteiger partial charge in [-0.1, -0.05) is 33.6 Å². The molecule has 0 aliphatic heterocycles. The summed E-state index contributed by atoms with van der Waals surface area (Å²) >= 11 is 0. The van der Waals surface area contributed by atoms with E-state index in [1.165, 1.54) is 0 Å². The molecule has 0 nitrogen and oxygen atoms in total. The minimum Gasteiger partial charge on any atom is -0.343 e. The monoisotopic (exact) mass is 217 g/mol. The van der Waals surface area contributed by atoms with Gasteiger partial charge in [0.25, 0.3) is 0 Å². The third-order valence-electron chi connectivity index (χ3n) is 0.577. The van der Waals surface area contributed by atoms with Crippen molar-refractivity contribution in [2.45, 2.75) is 34.1 Å². The van der Waals surface area contributed by atoms with Crippen LogP contribution in [-0.4, -0.2) is 0 Å². The van der Waals surface area contributed by atoms with Crippen molar-refractivity contribution in [1.82, 2.24) is 0 Å². The van der Waals surface area contributed by atoms with Crippen LogP contribution in [0.3, 0.4) is 0 Å². The third-order valence-corrected chi connectivity index (χ3v) is 0.577. The normalized spacial score (nSPS) is 8.40. The van der Waals surface area contributed by atoms with Gasteiger partial charge in [-0.05, 0) is 0 Å². The van der Waals surface area contributed by atoms with Crippen molar-refractivity contribution in [2.75, 3.05) is 0 Å². The van der Waals surface area contributed by atoms with Gasteiger partial charge in [0.15, 0.2) is 0 Å². The summed E-state index contributed by atoms with van der Waals surface area (Å²) in [5, 5.41) is 0. The van der Waals surface area contributed by atoms with Gasteiger partial charge >= 0.3 is 0 Å². The Morgan fingerprint density at radius 3 is 1.20 bits per heavy atom. The SMILES string of the molecule is [CH2-]C(C)C.[CH2-]CC(C)C.[Y]. The van der Waals surface area contributed by atoms with E-state index in [1.54, 1.807) is 0 Å². The van der Waals surface area contributed by atoms with Crippen LogP contribution in [0.2, 0.25) is 0 Å². The van der Waals surface area contributed by atoms with E-state index >= 15 is 0 Å². The van der Waals surface area contributed by atoms with E-state index in [9.17, 15) is 0 Å². The Balaban J connectivity index is -0.0000000910. The van der Waals surface area contributed by atoms with Crippen molar-refractivity contribution < 1.29 is 32.7 Å². The van der Waals surface area contributed by atoms with E-state index in [0.29, 0.717) is 5.92 Å². The van der Waals surface area contributed by atoms with Gasteiger partial charge in [-0.3, -0.25) is 0 Å². The molecule has 1 heteroatoms. The van der Waals surface area contributed by atoms with E-state index in [0.717, 1.165) is 12.3 Å². The Hall–Kier alpha value is 1.10. The van der Waals surface area contributed by atoms with Gasteiger partial charge in [0, 0.05) is 32.7 Å². The molecule has 0 rings (SSSR count). The Labute approximate surface area is 92.0 Å². The van der Waals surface area contributed by atoms with Gasteiger partial charge in [0.1, 0.15) is 0 Å². The topological polar surface area (TPSA) is 0 Å². The van der Waals surface area contributed by atoms with Crippen molar-refractivity contribution in [3.63, 3.8) is 0 Å². The molecule has 61 valence electrons. The van der Waals surface area contributed by atoms with Crippen LogP contribution in [0, 0.1) is 25.7 Å². The fraction of sp³-hybridized carbons (Fsp3) is 0.778. The second kappa shape index (κ2) is 12.8. The van der Waals surface area contributed by atoms with Gasteiger partial charge < -0.3 is 13.8 Å². The molecule has 0 saturated carbocycles. The minimum atomic E-state index is 0. The molecule has 0 atom stereocenters. The molecule has 10 heavy (non-hydrogen) atoms. The van der Waals surface area contributed by atoms with Crippen LogP contribution >= 0.6 is 0 Å². The second-order valence-electron chi connectivity index (χ2n) is 3.08. The van der Waals surface area contributed by atoms with E-state index < -0.39 is 0 Å². The molecule has 0 spiro atoms. The summed E-state index contributed by atoms with van der Waals surface area (Å²) < 4.78 is 0. The molecule has 0 fully saturated rings. The van der Waals surface area contributed by atoms with Crippen LogP contribution in [0.4, 0.5) is 0 Å². The summed E-state index contributed by atoms with van der Waals surface area (Å²) in [4.78, 5) is 0. The van der Waals surface area contributed by atoms with Crippen LogP contribution in [0.1, 0.15) is 34.1 Å². The largest absolute Gasteiger partial charge is 0.343 e. The Morgan fingerprint density at radius 2 is 1.20 bits per heavy atom. The van der Waals surface area contributed by atoms with Crippen LogP contribution in [-0.2, 0) is 32.7 Å². The van der Waals surface area contributed by atoms with Gasteiger partial charge in [0.05, 0.1) is 0 Å². The molecule has 0 aromatic rings. The van der Waals surface area contributed by atoms with Crippen LogP contribution in [0.15, 0.2) is 0 Å². The van der Waals surface area contributed by atoms with Crippen molar-refractivity contribution in [2.24, 2.45) is 11.8 Å². The molecule has 0 aliphatic carbocycles. The molecule has 0 heterocycles. The first-order chi connectivity index (χ1) is 4.00. The average Bonchev–Trinajstić information content (AvgIpc) is 1.65. The summed E-state index contributed by atoms with van der Waals surface area (Å²) in [5.41, 5.74) is 0. The zero-order valence-corrected chi connectivity index (χ0v) is 10.7. The van der Waals surface area contributed by atoms with Crippen LogP contribution < -0.4 is 0 Å². The summed E-state index contributed by atoms with van der Waals surface area (Å²) in [6.45, 7) is 15.8. The quantitative estimate of drug-likeness (QED) is 0.591. The molecule has 0 saturated heterocycles.